The lowest BCUT2D eigenvalue weighted by Crippen LogP contribution is -2.24. The van der Waals surface area contributed by atoms with Crippen molar-refractivity contribution in [3.63, 3.8) is 0 Å². The number of nitrogens with zero attached hydrogens (tertiary/aromatic N) is 2. The minimum absolute atomic E-state index is 0.0368. The molecule has 7 heteroatoms. The van der Waals surface area contributed by atoms with Crippen LogP contribution in [-0.2, 0) is 9.57 Å². The zero-order chi connectivity index (χ0) is 13.9. The van der Waals surface area contributed by atoms with Crippen LogP contribution in [0.2, 0.25) is 0 Å². The summed E-state index contributed by atoms with van der Waals surface area (Å²) in [5, 5.41) is 3.13. The zero-order valence-electron chi connectivity index (χ0n) is 10.7. The Balaban J connectivity index is 1.89. The third-order valence-corrected chi connectivity index (χ3v) is 3.34. The Morgan fingerprint density at radius 1 is 1.37 bits per heavy atom. The molecule has 0 aromatic carbocycles. The second kappa shape index (κ2) is 5.79. The van der Waals surface area contributed by atoms with Gasteiger partial charge in [-0.1, -0.05) is 11.6 Å². The van der Waals surface area contributed by atoms with E-state index in [0.29, 0.717) is 12.3 Å². The summed E-state index contributed by atoms with van der Waals surface area (Å²) in [5.74, 6) is 0.678. The predicted octanol–water partition coefficient (Wildman–Crippen LogP) is 3.07. The molecule has 2 aliphatic heterocycles. The van der Waals surface area contributed by atoms with Gasteiger partial charge in [-0.2, -0.15) is 13.2 Å². The van der Waals surface area contributed by atoms with Gasteiger partial charge in [0.1, 0.15) is 6.10 Å². The molecule has 0 aliphatic carbocycles. The summed E-state index contributed by atoms with van der Waals surface area (Å²) in [6, 6.07) is -0.0368. The summed E-state index contributed by atoms with van der Waals surface area (Å²) in [7, 11) is 1.57. The molecule has 2 heterocycles. The Morgan fingerprint density at radius 2 is 2.16 bits per heavy atom. The van der Waals surface area contributed by atoms with Crippen LogP contribution in [0.1, 0.15) is 38.5 Å². The van der Waals surface area contributed by atoms with E-state index in [1.54, 1.807) is 7.11 Å². The van der Waals surface area contributed by atoms with E-state index in [-0.39, 0.29) is 12.5 Å². The first-order valence-electron chi connectivity index (χ1n) is 6.39. The van der Waals surface area contributed by atoms with E-state index in [2.05, 4.69) is 10.1 Å². The van der Waals surface area contributed by atoms with Gasteiger partial charge in [0, 0.05) is 19.3 Å². The van der Waals surface area contributed by atoms with Gasteiger partial charge in [-0.05, 0) is 12.8 Å². The maximum Gasteiger partial charge on any atom is 0.432 e. The van der Waals surface area contributed by atoms with Crippen molar-refractivity contribution >= 4 is 11.6 Å². The monoisotopic (exact) mass is 278 g/mol. The molecule has 0 amide bonds. The Labute approximate surface area is 109 Å². The van der Waals surface area contributed by atoms with Gasteiger partial charge in [-0.3, -0.25) is 4.99 Å². The van der Waals surface area contributed by atoms with E-state index in [9.17, 15) is 13.2 Å². The highest BCUT2D eigenvalue weighted by Crippen LogP contribution is 2.29. The van der Waals surface area contributed by atoms with Gasteiger partial charge < -0.3 is 9.57 Å². The molecule has 0 N–H and O–H groups in total. The Morgan fingerprint density at radius 3 is 2.79 bits per heavy atom. The van der Waals surface area contributed by atoms with Crippen LogP contribution < -0.4 is 0 Å². The fourth-order valence-electron chi connectivity index (χ4n) is 2.34. The number of methoxy groups -OCH3 is 1. The molecule has 2 atom stereocenters. The fraction of sp³-hybridized carbons (Fsp3) is 0.833. The molecule has 4 nitrogen and oxygen atoms in total. The Kier molecular flexibility index (Phi) is 4.31. The smallest absolute Gasteiger partial charge is 0.432 e. The second-order valence-corrected chi connectivity index (χ2v) is 4.83. The van der Waals surface area contributed by atoms with Gasteiger partial charge in [0.05, 0.1) is 13.2 Å². The molecule has 2 rings (SSSR count). The standard InChI is InChI=1S/C12H17F3N2O2/c1-18-11-5-3-2-4-8(16-11)6-9-7-10(17-19-9)12(13,14)15/h8-9H,2-7H2,1H3. The number of rotatable bonds is 2. The van der Waals surface area contributed by atoms with Crippen molar-refractivity contribution in [3.05, 3.63) is 0 Å². The summed E-state index contributed by atoms with van der Waals surface area (Å²) < 4.78 is 42.4. The molecule has 0 aromatic rings. The summed E-state index contributed by atoms with van der Waals surface area (Å²) in [4.78, 5) is 9.29. The van der Waals surface area contributed by atoms with Gasteiger partial charge >= 0.3 is 6.18 Å². The molecule has 108 valence electrons. The van der Waals surface area contributed by atoms with E-state index in [1.807, 2.05) is 0 Å². The van der Waals surface area contributed by atoms with Gasteiger partial charge in [-0.25, -0.2) is 0 Å². The lowest BCUT2D eigenvalue weighted by atomic mass is 10.0. The van der Waals surface area contributed by atoms with Crippen LogP contribution in [0.4, 0.5) is 13.2 Å². The largest absolute Gasteiger partial charge is 0.484 e. The molecule has 0 spiro atoms. The number of halogens is 3. The van der Waals surface area contributed by atoms with E-state index < -0.39 is 18.0 Å². The molecule has 2 unspecified atom stereocenters. The third kappa shape index (κ3) is 3.84. The first kappa shape index (κ1) is 14.1. The van der Waals surface area contributed by atoms with Crippen molar-refractivity contribution in [2.45, 2.75) is 56.8 Å². The van der Waals surface area contributed by atoms with Crippen molar-refractivity contribution in [2.75, 3.05) is 7.11 Å². The van der Waals surface area contributed by atoms with E-state index in [4.69, 9.17) is 9.57 Å². The van der Waals surface area contributed by atoms with Gasteiger partial charge in [0.25, 0.3) is 0 Å². The molecule has 0 radical (unpaired) electrons. The van der Waals surface area contributed by atoms with Crippen LogP contribution in [-0.4, -0.2) is 37.0 Å². The number of oxime groups is 1. The maximum absolute atomic E-state index is 12.4. The van der Waals surface area contributed by atoms with Crippen molar-refractivity contribution in [1.82, 2.24) is 0 Å². The van der Waals surface area contributed by atoms with Gasteiger partial charge in [0.15, 0.2) is 11.6 Å². The highest BCUT2D eigenvalue weighted by Gasteiger charge is 2.42. The SMILES string of the molecule is COC1=NC(CC2CC(C(F)(F)F)=NO2)CCCC1. The van der Waals surface area contributed by atoms with Crippen LogP contribution in [0.15, 0.2) is 10.1 Å². The minimum atomic E-state index is -4.39. The van der Waals surface area contributed by atoms with E-state index in [0.717, 1.165) is 25.7 Å². The van der Waals surface area contributed by atoms with Crippen molar-refractivity contribution < 1.29 is 22.7 Å². The topological polar surface area (TPSA) is 43.2 Å². The molecule has 0 fully saturated rings. The maximum atomic E-state index is 12.4. The van der Waals surface area contributed by atoms with Crippen LogP contribution in [0, 0.1) is 0 Å². The quantitative estimate of drug-likeness (QED) is 0.779. The average Bonchev–Trinajstić information content (AvgIpc) is 2.69. The van der Waals surface area contributed by atoms with E-state index >= 15 is 0 Å². The highest BCUT2D eigenvalue weighted by atomic mass is 19.4. The fourth-order valence-corrected chi connectivity index (χ4v) is 2.34. The number of ether oxygens (including phenoxy) is 1. The summed E-state index contributed by atoms with van der Waals surface area (Å²) in [6.07, 6.45) is -0.995. The first-order chi connectivity index (χ1) is 8.99. The average molecular weight is 278 g/mol. The lowest BCUT2D eigenvalue weighted by molar-refractivity contribution is -0.0604. The Hall–Kier alpha value is -1.27. The molecule has 19 heavy (non-hydrogen) atoms. The van der Waals surface area contributed by atoms with Crippen molar-refractivity contribution in [1.29, 1.82) is 0 Å². The number of hydrogen-bond acceptors (Lipinski definition) is 4. The predicted molar refractivity (Wildman–Crippen MR) is 64.3 cm³/mol. The summed E-state index contributed by atoms with van der Waals surface area (Å²) in [6.45, 7) is 0. The minimum Gasteiger partial charge on any atom is -0.484 e. The number of aliphatic imine (C=N–C) groups is 1. The summed E-state index contributed by atoms with van der Waals surface area (Å²) in [5.41, 5.74) is -0.831. The second-order valence-electron chi connectivity index (χ2n) is 4.83. The normalized spacial score (nSPS) is 28.2. The van der Waals surface area contributed by atoms with Crippen LogP contribution in [0.5, 0.6) is 0 Å². The lowest BCUT2D eigenvalue weighted by Gasteiger charge is -2.15. The molecule has 0 bridgehead atoms. The molecule has 0 saturated carbocycles. The van der Waals surface area contributed by atoms with Crippen LogP contribution >= 0.6 is 0 Å². The van der Waals surface area contributed by atoms with Gasteiger partial charge in [-0.15, -0.1) is 0 Å². The molecule has 0 aromatic heterocycles. The zero-order valence-corrected chi connectivity index (χ0v) is 10.7. The highest BCUT2D eigenvalue weighted by molar-refractivity contribution is 5.90. The summed E-state index contributed by atoms with van der Waals surface area (Å²) >= 11 is 0. The molecular formula is C12H17F3N2O2. The number of hydrogen-bond donors (Lipinski definition) is 0. The van der Waals surface area contributed by atoms with Crippen LogP contribution in [0.3, 0.4) is 0 Å². The van der Waals surface area contributed by atoms with Crippen molar-refractivity contribution in [2.24, 2.45) is 10.1 Å². The van der Waals surface area contributed by atoms with Gasteiger partial charge in [0.2, 0.25) is 0 Å². The van der Waals surface area contributed by atoms with E-state index in [1.165, 1.54) is 0 Å². The first-order valence-corrected chi connectivity index (χ1v) is 6.39. The van der Waals surface area contributed by atoms with Crippen molar-refractivity contribution in [3.8, 4) is 0 Å². The molecule has 2 aliphatic rings. The van der Waals surface area contributed by atoms with Crippen LogP contribution in [0.25, 0.3) is 0 Å². The third-order valence-electron chi connectivity index (χ3n) is 3.34. The Bertz CT molecular complexity index is 380. The molecular weight excluding hydrogens is 261 g/mol. The number of alkyl halides is 3. The molecule has 0 saturated heterocycles.